The maximum Gasteiger partial charge on any atom is 0.229 e. The Morgan fingerprint density at radius 3 is 1.35 bits per heavy atom. The highest BCUT2D eigenvalue weighted by molar-refractivity contribution is 7.95. The molecule has 1 aromatic rings. The molecule has 0 radical (unpaired) electrons. The van der Waals surface area contributed by atoms with Crippen LogP contribution in [-0.4, -0.2) is 303 Å². The molecule has 18 unspecified atom stereocenters. The average molecular weight is 2000 g/mol. The van der Waals surface area contributed by atoms with Gasteiger partial charge in [0, 0.05) is 45.0 Å². The van der Waals surface area contributed by atoms with Gasteiger partial charge in [-0.2, -0.15) is 0 Å². The molecule has 2 saturated heterocycles. The van der Waals surface area contributed by atoms with E-state index in [1.54, 1.807) is 12.1 Å². The smallest absolute Gasteiger partial charge is 0.229 e. The van der Waals surface area contributed by atoms with Crippen LogP contribution in [0.4, 0.5) is 0 Å². The molecule has 0 spiro atoms. The summed E-state index contributed by atoms with van der Waals surface area (Å²) in [5, 5.41) is 161. The second-order valence-corrected chi connectivity index (χ2v) is 46.1. The largest absolute Gasteiger partial charge is 0.462 e. The van der Waals surface area contributed by atoms with Gasteiger partial charge in [-0.25, -0.2) is 17.3 Å². The SMILES string of the molecule is C=S(=O)(O)CCCCCC(C)(C)C.CC(=O)C1OC(OCCCCCCC(C)C)C(O)C(O)C1O.CC(=O)C1OC(Oc2ccc(CCCCC(C)C)cc2)C(O)C(O)C1O.CC(C)(C)CCNCC(O)C(O)C(O)C(O)C(O)CO.CCC(CO)(CO)NC(=O)CCNCCC(C)C.CCC(CO)CCCCS(=O)(=O)NCCC(C)C.CCC(O)CCCCCC(C)C.CCCCC(C)C. The molecule has 2 heterocycles. The predicted octanol–water partition coefficient (Wildman–Crippen LogP) is 12.0. The summed E-state index contributed by atoms with van der Waals surface area (Å²) in [4.78, 5) is 34.6. The number of carbonyl (C=O) groups is 3. The fourth-order valence-corrected chi connectivity index (χ4v) is 15.3. The number of rotatable bonds is 62. The number of aliphatic hydroxyl groups excluding tert-OH is 16. The Labute approximate surface area is 825 Å². The van der Waals surface area contributed by atoms with Gasteiger partial charge in [0.15, 0.2) is 17.9 Å². The lowest BCUT2D eigenvalue weighted by Crippen LogP contribution is -2.60. The van der Waals surface area contributed by atoms with Gasteiger partial charge in [-0.05, 0) is 186 Å². The van der Waals surface area contributed by atoms with E-state index in [4.69, 9.17) is 38.8 Å². The van der Waals surface area contributed by atoms with Crippen LogP contribution in [0.25, 0.3) is 0 Å². The van der Waals surface area contributed by atoms with Crippen molar-refractivity contribution >= 4 is 43.2 Å². The summed E-state index contributed by atoms with van der Waals surface area (Å²) in [5.74, 6) is 7.90. The average Bonchev–Trinajstić information content (AvgIpc) is 0.805. The van der Waals surface area contributed by atoms with Gasteiger partial charge in [-0.3, -0.25) is 14.4 Å². The minimum Gasteiger partial charge on any atom is -0.462 e. The standard InChI is InChI=1S/C20H30O6.C16H30O6.C13H28N2O3.C13H29NO6.C13H29NO3S.C11H24O.C10H22O2S.C7H16/c1-12(2)6-4-5-7-14-8-10-15(11-9-14)25-20-18(24)16(22)17(23)19(26-20)13(3)21;1-10(2)8-6-4-5-7-9-21-16-14(20)12(18)13(19)15(22-16)11(3)17;1-4-13(9-16,10-17)15-12(18)6-8-14-7-5-11(2)3;1-13(2,3)4-5-14-6-8(16)10(18)12(20)11(19)9(17)7-15;1-4-13(11-15)7-5-6-10-18(16,17)14-9-8-12(2)3;1-4-11(12)9-7-5-6-8-10(2)3;1-10(2,3)8-6-5-7-9-13(4,11)12;1-4-5-6-7(2)3/h8-12,16-20,22-24H,4-7H2,1-3H3;10,12-16,18-20H,4-9H2,1-3H3;11,14,16-17H,4-10H2,1-3H3,(H,15,18);8-12,14-20H,4-7H2,1-3H3;12-15H,4-11H2,1-3H3;10-12H,4-9H2,1-3H3;4-9H2,1-3H3,(H,11,12);7H,4-6H2,1-3H3. The summed E-state index contributed by atoms with van der Waals surface area (Å²) >= 11 is 0. The van der Waals surface area contributed by atoms with Crippen molar-refractivity contribution < 1.29 is 132 Å². The van der Waals surface area contributed by atoms with Crippen molar-refractivity contribution in [3.63, 3.8) is 0 Å². The highest BCUT2D eigenvalue weighted by atomic mass is 32.2. The number of aliphatic hydroxyl groups is 16. The number of ether oxygens (including phenoxy) is 4. The highest BCUT2D eigenvalue weighted by Crippen LogP contribution is 2.29. The molecule has 33 heteroatoms. The molecule has 0 aliphatic carbocycles. The van der Waals surface area contributed by atoms with Crippen molar-refractivity contribution in [3.8, 4) is 5.75 Å². The molecule has 2 aliphatic heterocycles. The van der Waals surface area contributed by atoms with Crippen LogP contribution < -0.4 is 25.4 Å². The van der Waals surface area contributed by atoms with E-state index >= 15 is 0 Å². The minimum absolute atomic E-state index is 0.0518. The van der Waals surface area contributed by atoms with Gasteiger partial charge in [0.1, 0.15) is 79.0 Å². The second-order valence-electron chi connectivity index (χ2n) is 42.2. The molecule has 2 fully saturated rings. The van der Waals surface area contributed by atoms with Gasteiger partial charge >= 0.3 is 0 Å². The van der Waals surface area contributed by atoms with Gasteiger partial charge in [0.2, 0.25) is 22.2 Å². The third-order valence-electron chi connectivity index (χ3n) is 23.2. The molecule has 0 saturated carbocycles. The van der Waals surface area contributed by atoms with E-state index in [2.05, 4.69) is 158 Å². The van der Waals surface area contributed by atoms with E-state index in [9.17, 15) is 93.4 Å². The van der Waals surface area contributed by atoms with Crippen molar-refractivity contribution in [3.05, 3.63) is 29.8 Å². The summed E-state index contributed by atoms with van der Waals surface area (Å²) in [6, 6.07) is 7.45. The lowest BCUT2D eigenvalue weighted by molar-refractivity contribution is -0.290. The quantitative estimate of drug-likeness (QED) is 0.0213. The van der Waals surface area contributed by atoms with Crippen LogP contribution >= 0.6 is 0 Å². The molecule has 1 aromatic carbocycles. The molecule has 1 amide bonds. The molecule has 2 aliphatic rings. The van der Waals surface area contributed by atoms with Crippen molar-refractivity contribution in [1.29, 1.82) is 0 Å². The molecule has 21 N–H and O–H groups in total. The Morgan fingerprint density at radius 1 is 0.463 bits per heavy atom. The van der Waals surface area contributed by atoms with Crippen molar-refractivity contribution in [2.24, 2.45) is 52.3 Å². The summed E-state index contributed by atoms with van der Waals surface area (Å²) in [7, 11) is -5.84. The number of ketones is 2. The molecule has 0 aromatic heterocycles. The Morgan fingerprint density at radius 2 is 0.904 bits per heavy atom. The van der Waals surface area contributed by atoms with E-state index in [1.165, 1.54) is 96.5 Å². The summed E-state index contributed by atoms with van der Waals surface area (Å²) < 4.78 is 67.2. The number of aryl methyl sites for hydroxylation is 1. The van der Waals surface area contributed by atoms with Gasteiger partial charge < -0.3 is 121 Å². The predicted molar refractivity (Wildman–Crippen MR) is 550 cm³/mol. The first-order valence-electron chi connectivity index (χ1n) is 51.3. The van der Waals surface area contributed by atoms with Gasteiger partial charge in [0.05, 0.1) is 53.1 Å². The maximum absolute atomic E-state index is 11.7. The third-order valence-corrected chi connectivity index (χ3v) is 25.6. The Balaban J connectivity index is -0.000000490. The molecular weight excluding hydrogens is 1790 g/mol. The molecule has 31 nitrogen and oxygen atoms in total. The van der Waals surface area contributed by atoms with Crippen LogP contribution in [0, 0.1) is 52.3 Å². The van der Waals surface area contributed by atoms with Crippen molar-refractivity contribution in [2.75, 3.05) is 77.3 Å². The molecule has 0 bridgehead atoms. The number of unbranched alkanes of at least 4 members (excludes halogenated alkanes) is 10. The highest BCUT2D eigenvalue weighted by Gasteiger charge is 2.48. The van der Waals surface area contributed by atoms with E-state index < -0.39 is 135 Å². The van der Waals surface area contributed by atoms with Gasteiger partial charge in [-0.15, -0.1) is 0 Å². The van der Waals surface area contributed by atoms with E-state index in [0.29, 0.717) is 80.2 Å². The van der Waals surface area contributed by atoms with Crippen LogP contribution in [0.15, 0.2) is 24.3 Å². The summed E-state index contributed by atoms with van der Waals surface area (Å²) in [6.07, 6.45) is 11.1. The number of Topliss-reactive ketones (excluding diaryl/α,β-unsaturated/α-hetero) is 2. The zero-order chi connectivity index (χ0) is 106. The number of hydrogen-bond donors (Lipinski definition) is 21. The summed E-state index contributed by atoms with van der Waals surface area (Å²) in [6.45, 7) is 52.1. The van der Waals surface area contributed by atoms with Crippen LogP contribution in [0.5, 0.6) is 5.75 Å². The number of nitrogens with one attached hydrogen (secondary N) is 4. The van der Waals surface area contributed by atoms with Gasteiger partial charge in [-0.1, -0.05) is 274 Å². The molecular formula is C103H208N4O27S2. The normalized spacial score (nSPS) is 20.6. The fourth-order valence-electron chi connectivity index (χ4n) is 13.5. The lowest BCUT2D eigenvalue weighted by atomic mass is 9.90. The summed E-state index contributed by atoms with van der Waals surface area (Å²) in [5.41, 5.74) is 0.848. The number of benzene rings is 1. The molecule has 814 valence electrons. The maximum atomic E-state index is 11.7. The molecule has 18 atom stereocenters. The third kappa shape index (κ3) is 79.3. The topological polar surface area (TPSA) is 531 Å². The number of amides is 1. The monoisotopic (exact) mass is 2000 g/mol. The Bertz CT molecular complexity index is 3190. The second kappa shape index (κ2) is 82.1. The first kappa shape index (κ1) is 141. The Hall–Kier alpha value is -3.12. The zero-order valence-electron chi connectivity index (χ0n) is 89.2. The molecule has 3 rings (SSSR count). The number of hydrogen-bond acceptors (Lipinski definition) is 28. The van der Waals surface area contributed by atoms with Crippen LogP contribution in [0.3, 0.4) is 0 Å². The molecule has 136 heavy (non-hydrogen) atoms. The van der Waals surface area contributed by atoms with Crippen LogP contribution in [-0.2, 0) is 54.8 Å². The van der Waals surface area contributed by atoms with Crippen LogP contribution in [0.2, 0.25) is 0 Å². The van der Waals surface area contributed by atoms with Crippen molar-refractivity contribution in [1.82, 2.24) is 20.7 Å². The Kier molecular flexibility index (Phi) is 85.3. The lowest BCUT2D eigenvalue weighted by Gasteiger charge is -2.39. The van der Waals surface area contributed by atoms with Crippen molar-refractivity contribution in [2.45, 2.75) is 469 Å². The fraction of sp³-hybridized carbons (Fsp3) is 0.903. The van der Waals surface area contributed by atoms with Gasteiger partial charge in [0.25, 0.3) is 0 Å². The van der Waals surface area contributed by atoms with Crippen LogP contribution in [0.1, 0.15) is 364 Å². The number of sulfonamides is 1. The minimum atomic E-state index is -3.10. The van der Waals surface area contributed by atoms with E-state index in [1.807, 2.05) is 32.9 Å². The van der Waals surface area contributed by atoms with E-state index in [0.717, 1.165) is 133 Å². The van der Waals surface area contributed by atoms with E-state index in [-0.39, 0.29) is 49.5 Å². The first-order valence-corrected chi connectivity index (χ1v) is 54.8. The first-order chi connectivity index (χ1) is 63.3. The zero-order valence-corrected chi connectivity index (χ0v) is 90.8. The number of carbonyl (C=O) groups excluding carboxylic acids is 3.